The fourth-order valence-electron chi connectivity index (χ4n) is 3.56. The Bertz CT molecular complexity index is 1100. The third kappa shape index (κ3) is 3.17. The van der Waals surface area contributed by atoms with E-state index in [0.29, 0.717) is 28.1 Å². The predicted molar refractivity (Wildman–Crippen MR) is 108 cm³/mol. The van der Waals surface area contributed by atoms with Crippen LogP contribution in [0.25, 0.3) is 0 Å². The van der Waals surface area contributed by atoms with Crippen molar-refractivity contribution in [3.8, 4) is 0 Å². The van der Waals surface area contributed by atoms with E-state index in [1.807, 2.05) is 0 Å². The van der Waals surface area contributed by atoms with Gasteiger partial charge >= 0.3 is 0 Å². The molecule has 0 radical (unpaired) electrons. The third-order valence-corrected chi connectivity index (χ3v) is 5.09. The number of halogens is 1. The van der Waals surface area contributed by atoms with E-state index in [4.69, 9.17) is 0 Å². The summed E-state index contributed by atoms with van der Waals surface area (Å²) in [5.74, 6) is -1.52. The summed E-state index contributed by atoms with van der Waals surface area (Å²) in [6, 6.07) is 19.8. The lowest BCUT2D eigenvalue weighted by molar-refractivity contribution is -0.133. The molecule has 3 aromatic rings. The summed E-state index contributed by atoms with van der Waals surface area (Å²) < 4.78 is 13.7. The average molecular weight is 390 g/mol. The number of amides is 2. The van der Waals surface area contributed by atoms with E-state index in [1.165, 1.54) is 11.0 Å². The van der Waals surface area contributed by atoms with Crippen LogP contribution < -0.4 is 10.2 Å². The number of carbonyl (C=O) groups excluding carboxylic acids is 2. The molecule has 2 N–H and O–H groups in total. The minimum absolute atomic E-state index is 0.302. The molecule has 5 nitrogen and oxygen atoms in total. The summed E-state index contributed by atoms with van der Waals surface area (Å²) in [6.45, 7) is 1.33. The van der Waals surface area contributed by atoms with Gasteiger partial charge in [-0.2, -0.15) is 0 Å². The molecule has 1 aliphatic rings. The number of carbonyl (C=O) groups is 2. The van der Waals surface area contributed by atoms with Gasteiger partial charge in [0.25, 0.3) is 5.91 Å². The predicted octanol–water partition coefficient (Wildman–Crippen LogP) is 3.36. The largest absolute Gasteiger partial charge is 0.372 e. The van der Waals surface area contributed by atoms with Crippen molar-refractivity contribution in [2.45, 2.75) is 12.5 Å². The maximum absolute atomic E-state index is 13.7. The van der Waals surface area contributed by atoms with E-state index in [9.17, 15) is 19.1 Å². The number of nitrogens with one attached hydrogen (secondary N) is 1. The summed E-state index contributed by atoms with van der Waals surface area (Å²) >= 11 is 0. The third-order valence-electron chi connectivity index (χ3n) is 5.09. The number of fused-ring (bicyclic) bond motifs is 1. The summed E-state index contributed by atoms with van der Waals surface area (Å²) in [5.41, 5.74) is 0.227. The van der Waals surface area contributed by atoms with Crippen LogP contribution in [0.2, 0.25) is 0 Å². The van der Waals surface area contributed by atoms with E-state index in [0.717, 1.165) is 0 Å². The Kier molecular flexibility index (Phi) is 4.64. The van der Waals surface area contributed by atoms with E-state index in [1.54, 1.807) is 73.7 Å². The van der Waals surface area contributed by atoms with Crippen LogP contribution in [0, 0.1) is 12.7 Å². The number of para-hydroxylation sites is 1. The Balaban J connectivity index is 1.63. The van der Waals surface area contributed by atoms with Crippen molar-refractivity contribution in [2.24, 2.45) is 0 Å². The Labute approximate surface area is 167 Å². The lowest BCUT2D eigenvalue weighted by Crippen LogP contribution is -2.44. The van der Waals surface area contributed by atoms with E-state index in [2.05, 4.69) is 5.32 Å². The number of anilines is 2. The molecule has 0 aliphatic carbocycles. The molecule has 29 heavy (non-hydrogen) atoms. The number of aliphatic hydroxyl groups is 1. The fraction of sp³-hybridized carbons (Fsp3) is 0.130. The van der Waals surface area contributed by atoms with Crippen LogP contribution >= 0.6 is 0 Å². The molecular formula is C23H19FN2O3. The van der Waals surface area contributed by atoms with Crippen LogP contribution in [0.4, 0.5) is 15.8 Å². The Hall–Kier alpha value is -3.51. The van der Waals surface area contributed by atoms with Crippen molar-refractivity contribution in [3.05, 3.63) is 95.3 Å². The molecule has 0 unspecified atom stereocenters. The fourth-order valence-corrected chi connectivity index (χ4v) is 3.56. The van der Waals surface area contributed by atoms with Crippen LogP contribution in [0.1, 0.15) is 16.7 Å². The SMILES string of the molecule is Cc1ccc(NC(=O)CN2C(=O)[C@@](O)(c3ccccc3)c3ccccc32)cc1F. The number of hydrogen-bond donors (Lipinski definition) is 2. The van der Waals surface area contributed by atoms with Crippen LogP contribution in [0.15, 0.2) is 72.8 Å². The van der Waals surface area contributed by atoms with Crippen molar-refractivity contribution in [3.63, 3.8) is 0 Å². The van der Waals surface area contributed by atoms with Crippen LogP contribution in [0.5, 0.6) is 0 Å². The maximum atomic E-state index is 13.7. The van der Waals surface area contributed by atoms with Crippen LogP contribution in [0.3, 0.4) is 0 Å². The highest BCUT2D eigenvalue weighted by molar-refractivity contribution is 6.12. The van der Waals surface area contributed by atoms with E-state index < -0.39 is 23.2 Å². The molecule has 3 aromatic carbocycles. The number of hydrogen-bond acceptors (Lipinski definition) is 3. The Morgan fingerprint density at radius 1 is 1.07 bits per heavy atom. The van der Waals surface area contributed by atoms with Gasteiger partial charge in [0.2, 0.25) is 5.91 Å². The lowest BCUT2D eigenvalue weighted by atomic mass is 9.88. The zero-order valence-corrected chi connectivity index (χ0v) is 15.7. The highest BCUT2D eigenvalue weighted by Crippen LogP contribution is 2.44. The number of aryl methyl sites for hydroxylation is 1. The number of benzene rings is 3. The van der Waals surface area contributed by atoms with Crippen LogP contribution in [-0.4, -0.2) is 23.5 Å². The first-order chi connectivity index (χ1) is 13.9. The van der Waals surface area contributed by atoms with Gasteiger partial charge in [0.05, 0.1) is 5.69 Å². The highest BCUT2D eigenvalue weighted by atomic mass is 19.1. The zero-order chi connectivity index (χ0) is 20.6. The van der Waals surface area contributed by atoms with E-state index >= 15 is 0 Å². The summed E-state index contributed by atoms with van der Waals surface area (Å²) in [5, 5.41) is 14.0. The molecule has 0 saturated heterocycles. The Morgan fingerprint density at radius 2 is 1.76 bits per heavy atom. The van der Waals surface area contributed by atoms with Gasteiger partial charge in [-0.15, -0.1) is 0 Å². The van der Waals surface area contributed by atoms with Gasteiger partial charge < -0.3 is 10.4 Å². The highest BCUT2D eigenvalue weighted by Gasteiger charge is 2.51. The first kappa shape index (κ1) is 18.8. The van der Waals surface area contributed by atoms with Crippen molar-refractivity contribution in [1.29, 1.82) is 0 Å². The second kappa shape index (κ2) is 7.14. The molecule has 1 aliphatic heterocycles. The number of rotatable bonds is 4. The first-order valence-electron chi connectivity index (χ1n) is 9.16. The van der Waals surface area contributed by atoms with Crippen molar-refractivity contribution < 1.29 is 19.1 Å². The lowest BCUT2D eigenvalue weighted by Gasteiger charge is -2.23. The van der Waals surface area contributed by atoms with Gasteiger partial charge in [-0.1, -0.05) is 54.6 Å². The molecule has 0 spiro atoms. The second-order valence-corrected chi connectivity index (χ2v) is 7.00. The van der Waals surface area contributed by atoms with Crippen molar-refractivity contribution >= 4 is 23.2 Å². The molecule has 146 valence electrons. The zero-order valence-electron chi connectivity index (χ0n) is 15.7. The molecule has 1 heterocycles. The maximum Gasteiger partial charge on any atom is 0.268 e. The van der Waals surface area contributed by atoms with Crippen molar-refractivity contribution in [1.82, 2.24) is 0 Å². The smallest absolute Gasteiger partial charge is 0.268 e. The topological polar surface area (TPSA) is 69.6 Å². The molecule has 0 fully saturated rings. The second-order valence-electron chi connectivity index (χ2n) is 7.00. The van der Waals surface area contributed by atoms with Gasteiger partial charge in [0, 0.05) is 11.3 Å². The normalized spacial score (nSPS) is 17.9. The standard InChI is InChI=1S/C23H19FN2O3/c1-15-11-12-17(13-19(15)24)25-21(27)14-26-20-10-6-5-9-18(20)23(29,22(26)28)16-7-3-2-4-8-16/h2-13,29H,14H2,1H3,(H,25,27)/t23-/m1/s1. The number of nitrogens with zero attached hydrogens (tertiary/aromatic N) is 1. The van der Waals surface area contributed by atoms with Gasteiger partial charge in [0.15, 0.2) is 5.60 Å². The van der Waals surface area contributed by atoms with Gasteiger partial charge in [0.1, 0.15) is 12.4 Å². The molecule has 6 heteroatoms. The minimum atomic E-state index is -1.87. The quantitative estimate of drug-likeness (QED) is 0.718. The molecule has 4 rings (SSSR count). The molecule has 2 amide bonds. The summed E-state index contributed by atoms with van der Waals surface area (Å²) in [7, 11) is 0. The van der Waals surface area contributed by atoms with Crippen molar-refractivity contribution in [2.75, 3.05) is 16.8 Å². The minimum Gasteiger partial charge on any atom is -0.372 e. The van der Waals surface area contributed by atoms with Gasteiger partial charge in [-0.25, -0.2) is 4.39 Å². The first-order valence-corrected chi connectivity index (χ1v) is 9.16. The monoisotopic (exact) mass is 390 g/mol. The Morgan fingerprint density at radius 3 is 2.48 bits per heavy atom. The average Bonchev–Trinajstić information content (AvgIpc) is 2.94. The molecule has 0 bridgehead atoms. The van der Waals surface area contributed by atoms with Crippen LogP contribution in [-0.2, 0) is 15.2 Å². The summed E-state index contributed by atoms with van der Waals surface area (Å²) in [4.78, 5) is 27.0. The summed E-state index contributed by atoms with van der Waals surface area (Å²) in [6.07, 6.45) is 0. The van der Waals surface area contributed by atoms with Gasteiger partial charge in [-0.3, -0.25) is 14.5 Å². The van der Waals surface area contributed by atoms with E-state index in [-0.39, 0.29) is 6.54 Å². The molecule has 0 aromatic heterocycles. The van der Waals surface area contributed by atoms with Gasteiger partial charge in [-0.05, 0) is 36.2 Å². The molecule has 1 atom stereocenters. The molecule has 0 saturated carbocycles. The molecular weight excluding hydrogens is 371 g/mol.